The number of nitrogen functional groups attached to an aromatic ring is 1. The lowest BCUT2D eigenvalue weighted by Crippen LogP contribution is -2.12. The summed E-state index contributed by atoms with van der Waals surface area (Å²) in [5, 5.41) is 6.03. The number of benzene rings is 2. The van der Waals surface area contributed by atoms with E-state index >= 15 is 0 Å². The molecule has 0 radical (unpaired) electrons. The van der Waals surface area contributed by atoms with Crippen molar-refractivity contribution in [2.24, 2.45) is 5.73 Å². The summed E-state index contributed by atoms with van der Waals surface area (Å²) in [6, 6.07) is 12.9. The van der Waals surface area contributed by atoms with E-state index in [1.165, 1.54) is 17.7 Å². The summed E-state index contributed by atoms with van der Waals surface area (Å²) < 4.78 is 0. The molecule has 0 aliphatic heterocycles. The molecule has 9 heteroatoms. The molecule has 0 saturated carbocycles. The fourth-order valence-electron chi connectivity index (χ4n) is 3.15. The maximum Gasteiger partial charge on any atom is 0.250 e. The molecular formula is C21H18N6O2S. The highest BCUT2D eigenvalue weighted by Gasteiger charge is 2.12. The molecule has 150 valence electrons. The van der Waals surface area contributed by atoms with Gasteiger partial charge in [0, 0.05) is 23.7 Å². The number of thiazole rings is 1. The number of ketones is 1. The number of rotatable bonds is 7. The van der Waals surface area contributed by atoms with Gasteiger partial charge in [-0.2, -0.15) is 0 Å². The van der Waals surface area contributed by atoms with Crippen LogP contribution in [0.2, 0.25) is 0 Å². The van der Waals surface area contributed by atoms with Crippen molar-refractivity contribution in [1.82, 2.24) is 15.0 Å². The Bertz CT molecular complexity index is 1250. The number of carbonyl (C=O) groups excluding carboxylic acids is 2. The van der Waals surface area contributed by atoms with Crippen LogP contribution in [-0.2, 0) is 13.0 Å². The SMILES string of the molecule is NC(=O)c1cccc2c(NCc3cccc(CC(=O)c4csc(N)n4)c3)ncnc12. The van der Waals surface area contributed by atoms with Crippen LogP contribution in [0.3, 0.4) is 0 Å². The highest BCUT2D eigenvalue weighted by Crippen LogP contribution is 2.23. The molecular weight excluding hydrogens is 400 g/mol. The Labute approximate surface area is 176 Å². The largest absolute Gasteiger partial charge is 0.375 e. The molecule has 0 spiro atoms. The lowest BCUT2D eigenvalue weighted by Gasteiger charge is -2.10. The third-order valence-electron chi connectivity index (χ3n) is 4.55. The smallest absolute Gasteiger partial charge is 0.250 e. The van der Waals surface area contributed by atoms with Crippen molar-refractivity contribution in [3.05, 3.63) is 76.6 Å². The fourth-order valence-corrected chi connectivity index (χ4v) is 3.72. The summed E-state index contributed by atoms with van der Waals surface area (Å²) >= 11 is 1.25. The number of hydrogen-bond donors (Lipinski definition) is 3. The van der Waals surface area contributed by atoms with Crippen molar-refractivity contribution in [2.45, 2.75) is 13.0 Å². The van der Waals surface area contributed by atoms with E-state index in [1.807, 2.05) is 30.3 Å². The minimum atomic E-state index is -0.538. The minimum absolute atomic E-state index is 0.0752. The van der Waals surface area contributed by atoms with Crippen LogP contribution in [0.15, 0.2) is 54.2 Å². The Kier molecular flexibility index (Phi) is 5.36. The topological polar surface area (TPSA) is 137 Å². The first-order chi connectivity index (χ1) is 14.5. The summed E-state index contributed by atoms with van der Waals surface area (Å²) in [4.78, 5) is 36.5. The Morgan fingerprint density at radius 2 is 1.87 bits per heavy atom. The monoisotopic (exact) mass is 418 g/mol. The number of para-hydroxylation sites is 1. The molecule has 30 heavy (non-hydrogen) atoms. The van der Waals surface area contributed by atoms with Gasteiger partial charge in [0.2, 0.25) is 0 Å². The predicted octanol–water partition coefficient (Wildman–Crippen LogP) is 2.80. The number of amides is 1. The zero-order valence-electron chi connectivity index (χ0n) is 15.8. The third-order valence-corrected chi connectivity index (χ3v) is 5.23. The first-order valence-corrected chi connectivity index (χ1v) is 9.98. The molecule has 2 aromatic carbocycles. The third kappa shape index (κ3) is 4.11. The van der Waals surface area contributed by atoms with Crippen LogP contribution in [0.1, 0.15) is 32.0 Å². The standard InChI is InChI=1S/C21H18N6O2S/c22-19(29)14-5-2-6-15-18(14)25-11-26-20(15)24-9-13-4-1-3-12(7-13)8-17(28)16-10-30-21(23)27-16/h1-7,10-11H,8-9H2,(H2,22,29)(H2,23,27)(H,24,25,26). The summed E-state index contributed by atoms with van der Waals surface area (Å²) in [5.74, 6) is -0.0131. The van der Waals surface area contributed by atoms with Gasteiger partial charge in [-0.25, -0.2) is 15.0 Å². The first kappa shape index (κ1) is 19.5. The lowest BCUT2D eigenvalue weighted by atomic mass is 10.0. The van der Waals surface area contributed by atoms with Crippen LogP contribution >= 0.6 is 11.3 Å². The molecule has 1 amide bonds. The second kappa shape index (κ2) is 8.26. The summed E-state index contributed by atoms with van der Waals surface area (Å²) in [7, 11) is 0. The van der Waals surface area contributed by atoms with E-state index in [9.17, 15) is 9.59 Å². The molecule has 0 aliphatic carbocycles. The Morgan fingerprint density at radius 3 is 2.63 bits per heavy atom. The zero-order chi connectivity index (χ0) is 21.1. The fraction of sp³-hybridized carbons (Fsp3) is 0.0952. The Morgan fingerprint density at radius 1 is 1.07 bits per heavy atom. The van der Waals surface area contributed by atoms with Crippen LogP contribution in [0.25, 0.3) is 10.9 Å². The van der Waals surface area contributed by atoms with Crippen molar-refractivity contribution in [2.75, 3.05) is 11.1 Å². The van der Waals surface area contributed by atoms with Crippen LogP contribution in [0, 0.1) is 0 Å². The molecule has 8 nitrogen and oxygen atoms in total. The molecule has 0 fully saturated rings. The van der Waals surface area contributed by atoms with E-state index in [0.29, 0.717) is 39.7 Å². The van der Waals surface area contributed by atoms with Gasteiger partial charge in [0.15, 0.2) is 10.9 Å². The molecule has 4 rings (SSSR count). The first-order valence-electron chi connectivity index (χ1n) is 9.10. The quantitative estimate of drug-likeness (QED) is 0.392. The van der Waals surface area contributed by atoms with Gasteiger partial charge in [0.25, 0.3) is 5.91 Å². The number of anilines is 2. The van der Waals surface area contributed by atoms with Crippen LogP contribution in [-0.4, -0.2) is 26.6 Å². The Hall–Kier alpha value is -3.85. The van der Waals surface area contributed by atoms with E-state index in [2.05, 4.69) is 20.3 Å². The number of Topliss-reactive ketones (excluding diaryl/α,β-unsaturated/α-hetero) is 1. The average Bonchev–Trinajstić information content (AvgIpc) is 3.18. The zero-order valence-corrected chi connectivity index (χ0v) is 16.6. The molecule has 0 aliphatic rings. The van der Waals surface area contributed by atoms with Crippen molar-refractivity contribution in [3.63, 3.8) is 0 Å². The van der Waals surface area contributed by atoms with Gasteiger partial charge >= 0.3 is 0 Å². The van der Waals surface area contributed by atoms with Crippen molar-refractivity contribution >= 4 is 44.9 Å². The van der Waals surface area contributed by atoms with E-state index < -0.39 is 5.91 Å². The minimum Gasteiger partial charge on any atom is -0.375 e. The number of aromatic nitrogens is 3. The van der Waals surface area contributed by atoms with Crippen molar-refractivity contribution in [3.8, 4) is 0 Å². The number of hydrogen-bond acceptors (Lipinski definition) is 8. The molecule has 2 heterocycles. The van der Waals surface area contributed by atoms with E-state index in [-0.39, 0.29) is 12.2 Å². The maximum atomic E-state index is 12.4. The number of carbonyl (C=O) groups is 2. The number of nitrogens with one attached hydrogen (secondary N) is 1. The lowest BCUT2D eigenvalue weighted by molar-refractivity contribution is 0.0985. The highest BCUT2D eigenvalue weighted by molar-refractivity contribution is 7.13. The van der Waals surface area contributed by atoms with Gasteiger partial charge in [-0.05, 0) is 23.3 Å². The molecule has 0 atom stereocenters. The molecule has 2 aromatic heterocycles. The van der Waals surface area contributed by atoms with Gasteiger partial charge < -0.3 is 16.8 Å². The molecule has 4 aromatic rings. The van der Waals surface area contributed by atoms with Crippen LogP contribution in [0.4, 0.5) is 10.9 Å². The second-order valence-electron chi connectivity index (χ2n) is 6.63. The van der Waals surface area contributed by atoms with Gasteiger partial charge in [0.05, 0.1) is 11.1 Å². The van der Waals surface area contributed by atoms with Crippen molar-refractivity contribution in [1.29, 1.82) is 0 Å². The van der Waals surface area contributed by atoms with Gasteiger partial charge in [-0.3, -0.25) is 9.59 Å². The normalized spacial score (nSPS) is 10.8. The molecule has 0 unspecified atom stereocenters. The number of nitrogens with two attached hydrogens (primary N) is 2. The van der Waals surface area contributed by atoms with Crippen LogP contribution in [0.5, 0.6) is 0 Å². The molecule has 0 saturated heterocycles. The summed E-state index contributed by atoms with van der Waals surface area (Å²) in [6.07, 6.45) is 1.64. The number of nitrogens with zero attached hydrogens (tertiary/aromatic N) is 3. The van der Waals surface area contributed by atoms with Crippen molar-refractivity contribution < 1.29 is 9.59 Å². The summed E-state index contributed by atoms with van der Waals surface area (Å²) in [6.45, 7) is 0.485. The molecule has 0 bridgehead atoms. The Balaban J connectivity index is 1.51. The number of primary amides is 1. The molecule has 5 N–H and O–H groups in total. The predicted molar refractivity (Wildman–Crippen MR) is 116 cm³/mol. The van der Waals surface area contributed by atoms with Gasteiger partial charge in [-0.1, -0.05) is 30.3 Å². The van der Waals surface area contributed by atoms with E-state index in [4.69, 9.17) is 11.5 Å². The van der Waals surface area contributed by atoms with E-state index in [1.54, 1.807) is 17.5 Å². The summed E-state index contributed by atoms with van der Waals surface area (Å²) in [5.41, 5.74) is 14.1. The highest BCUT2D eigenvalue weighted by atomic mass is 32.1. The second-order valence-corrected chi connectivity index (χ2v) is 7.52. The van der Waals surface area contributed by atoms with Gasteiger partial charge in [0.1, 0.15) is 17.8 Å². The van der Waals surface area contributed by atoms with Crippen LogP contribution < -0.4 is 16.8 Å². The van der Waals surface area contributed by atoms with Gasteiger partial charge in [-0.15, -0.1) is 11.3 Å². The van der Waals surface area contributed by atoms with E-state index in [0.717, 1.165) is 11.1 Å². The average molecular weight is 418 g/mol. The number of fused-ring (bicyclic) bond motifs is 1. The maximum absolute atomic E-state index is 12.4.